The van der Waals surface area contributed by atoms with Gasteiger partial charge < -0.3 is 15.2 Å². The standard InChI is InChI=1S/C13H27NO2/c1-11(2)10-15-7-8-16-13-6-4-3-5-12(13)9-14/h11-13H,3-10,14H2,1-2H3. The summed E-state index contributed by atoms with van der Waals surface area (Å²) in [6.45, 7) is 7.34. The van der Waals surface area contributed by atoms with Gasteiger partial charge in [0.05, 0.1) is 19.3 Å². The molecule has 1 rings (SSSR count). The lowest BCUT2D eigenvalue weighted by Gasteiger charge is -2.30. The van der Waals surface area contributed by atoms with Gasteiger partial charge in [0.15, 0.2) is 0 Å². The number of hydrogen-bond acceptors (Lipinski definition) is 3. The van der Waals surface area contributed by atoms with E-state index in [1.165, 1.54) is 25.7 Å². The van der Waals surface area contributed by atoms with Crippen molar-refractivity contribution in [3.8, 4) is 0 Å². The van der Waals surface area contributed by atoms with Crippen LogP contribution in [0.3, 0.4) is 0 Å². The summed E-state index contributed by atoms with van der Waals surface area (Å²) in [6.07, 6.45) is 5.38. The predicted octanol–water partition coefficient (Wildman–Crippen LogP) is 2.19. The maximum Gasteiger partial charge on any atom is 0.0704 e. The van der Waals surface area contributed by atoms with Crippen LogP contribution in [0.1, 0.15) is 39.5 Å². The Balaban J connectivity index is 2.06. The van der Waals surface area contributed by atoms with Gasteiger partial charge in [-0.25, -0.2) is 0 Å². The van der Waals surface area contributed by atoms with Gasteiger partial charge in [0, 0.05) is 6.61 Å². The molecule has 3 nitrogen and oxygen atoms in total. The Labute approximate surface area is 99.7 Å². The quantitative estimate of drug-likeness (QED) is 0.681. The van der Waals surface area contributed by atoms with Crippen molar-refractivity contribution in [3.63, 3.8) is 0 Å². The highest BCUT2D eigenvalue weighted by molar-refractivity contribution is 4.76. The molecule has 0 spiro atoms. The summed E-state index contributed by atoms with van der Waals surface area (Å²) in [5.41, 5.74) is 5.75. The summed E-state index contributed by atoms with van der Waals surface area (Å²) in [6, 6.07) is 0. The maximum atomic E-state index is 5.86. The molecule has 0 aromatic carbocycles. The number of ether oxygens (including phenoxy) is 2. The van der Waals surface area contributed by atoms with E-state index in [4.69, 9.17) is 15.2 Å². The second-order valence-electron chi connectivity index (χ2n) is 5.16. The van der Waals surface area contributed by atoms with E-state index in [2.05, 4.69) is 13.8 Å². The SMILES string of the molecule is CC(C)COCCOC1CCCCC1CN. The lowest BCUT2D eigenvalue weighted by molar-refractivity contribution is -0.0381. The van der Waals surface area contributed by atoms with Crippen LogP contribution in [-0.2, 0) is 9.47 Å². The Morgan fingerprint density at radius 1 is 1.19 bits per heavy atom. The van der Waals surface area contributed by atoms with E-state index in [1.807, 2.05) is 0 Å². The largest absolute Gasteiger partial charge is 0.379 e. The summed E-state index contributed by atoms with van der Waals surface area (Å²) in [7, 11) is 0. The molecule has 96 valence electrons. The van der Waals surface area contributed by atoms with Crippen LogP contribution in [0.15, 0.2) is 0 Å². The van der Waals surface area contributed by atoms with E-state index in [9.17, 15) is 0 Å². The van der Waals surface area contributed by atoms with Gasteiger partial charge in [0.2, 0.25) is 0 Å². The van der Waals surface area contributed by atoms with Crippen molar-refractivity contribution in [2.24, 2.45) is 17.6 Å². The van der Waals surface area contributed by atoms with Crippen LogP contribution in [0, 0.1) is 11.8 Å². The van der Waals surface area contributed by atoms with Crippen LogP contribution < -0.4 is 5.73 Å². The van der Waals surface area contributed by atoms with Gasteiger partial charge in [-0.3, -0.25) is 0 Å². The summed E-state index contributed by atoms with van der Waals surface area (Å²) < 4.78 is 11.4. The third-order valence-electron chi connectivity index (χ3n) is 3.15. The van der Waals surface area contributed by atoms with Gasteiger partial charge in [-0.15, -0.1) is 0 Å². The highest BCUT2D eigenvalue weighted by Crippen LogP contribution is 2.25. The molecule has 1 aliphatic carbocycles. The average Bonchev–Trinajstić information content (AvgIpc) is 2.29. The topological polar surface area (TPSA) is 44.5 Å². The van der Waals surface area contributed by atoms with E-state index in [1.54, 1.807) is 0 Å². The third-order valence-corrected chi connectivity index (χ3v) is 3.15. The zero-order chi connectivity index (χ0) is 11.8. The summed E-state index contributed by atoms with van der Waals surface area (Å²) in [4.78, 5) is 0. The molecular formula is C13H27NO2. The molecule has 0 aromatic heterocycles. The first kappa shape index (κ1) is 13.9. The first-order chi connectivity index (χ1) is 7.74. The molecule has 0 radical (unpaired) electrons. The Morgan fingerprint density at radius 3 is 2.62 bits per heavy atom. The van der Waals surface area contributed by atoms with Crippen LogP contribution in [0.2, 0.25) is 0 Å². The summed E-state index contributed by atoms with van der Waals surface area (Å²) >= 11 is 0. The van der Waals surface area contributed by atoms with Gasteiger partial charge in [-0.1, -0.05) is 26.7 Å². The molecule has 2 unspecified atom stereocenters. The third kappa shape index (κ3) is 5.28. The first-order valence-electron chi connectivity index (χ1n) is 6.63. The summed E-state index contributed by atoms with van der Waals surface area (Å²) in [5, 5.41) is 0. The van der Waals surface area contributed by atoms with Crippen molar-refractivity contribution in [2.45, 2.75) is 45.6 Å². The van der Waals surface area contributed by atoms with Gasteiger partial charge in [0.1, 0.15) is 0 Å². The molecule has 0 aliphatic heterocycles. The Bertz CT molecular complexity index is 173. The number of hydrogen-bond donors (Lipinski definition) is 1. The summed E-state index contributed by atoms with van der Waals surface area (Å²) in [5.74, 6) is 1.17. The molecule has 0 saturated heterocycles. The Kier molecular flexibility index (Phi) is 7.01. The molecule has 0 aromatic rings. The highest BCUT2D eigenvalue weighted by atomic mass is 16.5. The van der Waals surface area contributed by atoms with Crippen LogP contribution in [0.5, 0.6) is 0 Å². The van der Waals surface area contributed by atoms with Crippen molar-refractivity contribution in [1.29, 1.82) is 0 Å². The lowest BCUT2D eigenvalue weighted by atomic mass is 9.86. The van der Waals surface area contributed by atoms with Crippen LogP contribution in [-0.4, -0.2) is 32.5 Å². The molecule has 1 fully saturated rings. The molecule has 16 heavy (non-hydrogen) atoms. The molecule has 0 bridgehead atoms. The normalized spacial score (nSPS) is 26.2. The van der Waals surface area contributed by atoms with Crippen LogP contribution in [0.25, 0.3) is 0 Å². The molecule has 1 saturated carbocycles. The molecule has 3 heteroatoms. The highest BCUT2D eigenvalue weighted by Gasteiger charge is 2.24. The molecule has 1 aliphatic rings. The van der Waals surface area contributed by atoms with E-state index in [0.717, 1.165) is 13.2 Å². The van der Waals surface area contributed by atoms with Gasteiger partial charge >= 0.3 is 0 Å². The smallest absolute Gasteiger partial charge is 0.0704 e. The van der Waals surface area contributed by atoms with Crippen LogP contribution in [0.4, 0.5) is 0 Å². The molecule has 0 heterocycles. The maximum absolute atomic E-state index is 5.86. The zero-order valence-electron chi connectivity index (χ0n) is 10.8. The minimum absolute atomic E-state index is 0.376. The first-order valence-corrected chi connectivity index (χ1v) is 6.63. The second kappa shape index (κ2) is 8.04. The minimum Gasteiger partial charge on any atom is -0.379 e. The second-order valence-corrected chi connectivity index (χ2v) is 5.16. The van der Waals surface area contributed by atoms with Crippen molar-refractivity contribution in [2.75, 3.05) is 26.4 Å². The average molecular weight is 229 g/mol. The van der Waals surface area contributed by atoms with Crippen molar-refractivity contribution >= 4 is 0 Å². The zero-order valence-corrected chi connectivity index (χ0v) is 10.8. The van der Waals surface area contributed by atoms with Crippen molar-refractivity contribution in [1.82, 2.24) is 0 Å². The molecule has 0 amide bonds. The van der Waals surface area contributed by atoms with E-state index in [0.29, 0.717) is 31.2 Å². The number of nitrogens with two attached hydrogens (primary N) is 1. The van der Waals surface area contributed by atoms with E-state index >= 15 is 0 Å². The van der Waals surface area contributed by atoms with Crippen molar-refractivity contribution in [3.05, 3.63) is 0 Å². The molecule has 2 atom stereocenters. The minimum atomic E-state index is 0.376. The fourth-order valence-electron chi connectivity index (χ4n) is 2.24. The Hall–Kier alpha value is -0.120. The number of rotatable bonds is 7. The molecule has 2 N–H and O–H groups in total. The van der Waals surface area contributed by atoms with E-state index in [-0.39, 0.29) is 0 Å². The predicted molar refractivity (Wildman–Crippen MR) is 66.4 cm³/mol. The fourth-order valence-corrected chi connectivity index (χ4v) is 2.24. The molecular weight excluding hydrogens is 202 g/mol. The van der Waals surface area contributed by atoms with Gasteiger partial charge in [-0.2, -0.15) is 0 Å². The lowest BCUT2D eigenvalue weighted by Crippen LogP contribution is -2.34. The van der Waals surface area contributed by atoms with Gasteiger partial charge in [0.25, 0.3) is 0 Å². The Morgan fingerprint density at radius 2 is 1.94 bits per heavy atom. The van der Waals surface area contributed by atoms with E-state index < -0.39 is 0 Å². The van der Waals surface area contributed by atoms with Gasteiger partial charge in [-0.05, 0) is 31.2 Å². The van der Waals surface area contributed by atoms with Crippen LogP contribution >= 0.6 is 0 Å². The van der Waals surface area contributed by atoms with Crippen molar-refractivity contribution < 1.29 is 9.47 Å². The monoisotopic (exact) mass is 229 g/mol. The fraction of sp³-hybridized carbons (Fsp3) is 1.00.